The third-order valence-corrected chi connectivity index (χ3v) is 2.67. The summed E-state index contributed by atoms with van der Waals surface area (Å²) in [6.45, 7) is 1.53. The van der Waals surface area contributed by atoms with E-state index >= 15 is 0 Å². The van der Waals surface area contributed by atoms with E-state index in [1.807, 2.05) is 36.4 Å². The normalized spacial score (nSPS) is 10.7. The summed E-state index contributed by atoms with van der Waals surface area (Å²) in [6, 6.07) is 18.0. The molecule has 2 aromatic carbocycles. The Bertz CT molecular complexity index is 510. The molecule has 0 fully saturated rings. The predicted octanol–water partition coefficient (Wildman–Crippen LogP) is 3.03. The molecule has 0 radical (unpaired) electrons. The van der Waals surface area contributed by atoms with Crippen molar-refractivity contribution in [3.05, 3.63) is 60.7 Å². The molecule has 0 aliphatic carbocycles. The lowest BCUT2D eigenvalue weighted by Gasteiger charge is -2.28. The van der Waals surface area contributed by atoms with Crippen molar-refractivity contribution >= 4 is 5.97 Å². The lowest BCUT2D eigenvalue weighted by atomic mass is 10.3. The van der Waals surface area contributed by atoms with Crippen molar-refractivity contribution in [1.82, 2.24) is 0 Å². The number of carbonyl (C=O) groups is 1. The van der Waals surface area contributed by atoms with E-state index in [4.69, 9.17) is 14.2 Å². The highest BCUT2D eigenvalue weighted by Crippen LogP contribution is 2.23. The van der Waals surface area contributed by atoms with E-state index in [0.29, 0.717) is 11.5 Å². The first-order chi connectivity index (χ1) is 9.64. The average molecular weight is 272 g/mol. The van der Waals surface area contributed by atoms with E-state index in [-0.39, 0.29) is 0 Å². The number of hydrogen-bond acceptors (Lipinski definition) is 4. The zero-order valence-corrected chi connectivity index (χ0v) is 11.4. The zero-order chi connectivity index (χ0) is 14.4. The summed E-state index contributed by atoms with van der Waals surface area (Å²) >= 11 is 0. The second-order valence-electron chi connectivity index (χ2n) is 4.27. The van der Waals surface area contributed by atoms with Crippen LogP contribution in [0.5, 0.6) is 11.5 Å². The maximum Gasteiger partial charge on any atom is 0.392 e. The summed E-state index contributed by atoms with van der Waals surface area (Å²) in [4.78, 5) is 12.0. The number of benzene rings is 2. The number of methoxy groups -OCH3 is 1. The van der Waals surface area contributed by atoms with Gasteiger partial charge in [-0.2, -0.15) is 0 Å². The molecule has 2 rings (SSSR count). The van der Waals surface area contributed by atoms with Crippen LogP contribution >= 0.6 is 0 Å². The van der Waals surface area contributed by atoms with E-state index in [2.05, 4.69) is 0 Å². The highest BCUT2D eigenvalue weighted by atomic mass is 16.7. The summed E-state index contributed by atoms with van der Waals surface area (Å²) in [6.07, 6.45) is 0. The molecule has 4 heteroatoms. The Morgan fingerprint density at radius 3 is 1.60 bits per heavy atom. The van der Waals surface area contributed by atoms with Crippen molar-refractivity contribution < 1.29 is 19.0 Å². The monoisotopic (exact) mass is 272 g/mol. The summed E-state index contributed by atoms with van der Waals surface area (Å²) in [5, 5.41) is 0. The van der Waals surface area contributed by atoms with E-state index < -0.39 is 11.8 Å². The second-order valence-corrected chi connectivity index (χ2v) is 4.27. The average Bonchev–Trinajstić information content (AvgIpc) is 2.48. The fourth-order valence-electron chi connectivity index (χ4n) is 1.72. The molecule has 0 N–H and O–H groups in total. The van der Waals surface area contributed by atoms with Gasteiger partial charge in [0, 0.05) is 6.92 Å². The molecule has 0 unspecified atom stereocenters. The van der Waals surface area contributed by atoms with Gasteiger partial charge in [0.05, 0.1) is 7.11 Å². The number of para-hydroxylation sites is 2. The van der Waals surface area contributed by atoms with Crippen LogP contribution in [0.15, 0.2) is 60.7 Å². The number of rotatable bonds is 5. The Morgan fingerprint density at radius 1 is 0.850 bits per heavy atom. The second kappa shape index (κ2) is 6.10. The van der Waals surface area contributed by atoms with Gasteiger partial charge in [0.1, 0.15) is 11.5 Å². The van der Waals surface area contributed by atoms with Crippen LogP contribution in [0.3, 0.4) is 0 Å². The molecule has 0 saturated heterocycles. The third-order valence-electron chi connectivity index (χ3n) is 2.67. The molecule has 20 heavy (non-hydrogen) atoms. The highest BCUT2D eigenvalue weighted by Gasteiger charge is 2.40. The largest absolute Gasteiger partial charge is 0.463 e. The Kier molecular flexibility index (Phi) is 4.25. The molecule has 0 spiro atoms. The molecule has 0 amide bonds. The Hall–Kier alpha value is -2.49. The van der Waals surface area contributed by atoms with E-state index in [1.54, 1.807) is 24.3 Å². The van der Waals surface area contributed by atoms with Gasteiger partial charge in [0.2, 0.25) is 0 Å². The fourth-order valence-corrected chi connectivity index (χ4v) is 1.72. The lowest BCUT2D eigenvalue weighted by Crippen LogP contribution is -2.48. The van der Waals surface area contributed by atoms with Crippen molar-refractivity contribution in [2.45, 2.75) is 12.7 Å². The molecule has 0 saturated carbocycles. The van der Waals surface area contributed by atoms with Gasteiger partial charge in [0.15, 0.2) is 0 Å². The minimum Gasteiger partial charge on any atom is -0.463 e. The van der Waals surface area contributed by atoms with Crippen LogP contribution in [0.1, 0.15) is 6.92 Å². The minimum absolute atomic E-state index is 0.524. The van der Waals surface area contributed by atoms with Crippen molar-refractivity contribution in [3.8, 4) is 11.5 Å². The van der Waals surface area contributed by atoms with E-state index in [9.17, 15) is 4.79 Å². The van der Waals surface area contributed by atoms with Crippen LogP contribution in [0.25, 0.3) is 0 Å². The maximum absolute atomic E-state index is 12.0. The lowest BCUT2D eigenvalue weighted by molar-refractivity contribution is -0.184. The molecule has 4 nitrogen and oxygen atoms in total. The Labute approximate surface area is 117 Å². The van der Waals surface area contributed by atoms with Crippen molar-refractivity contribution in [2.75, 3.05) is 7.11 Å². The van der Waals surface area contributed by atoms with Crippen LogP contribution in [-0.2, 0) is 9.53 Å². The van der Waals surface area contributed by atoms with Gasteiger partial charge >= 0.3 is 11.8 Å². The first-order valence-electron chi connectivity index (χ1n) is 6.20. The molecule has 2 aromatic rings. The van der Waals surface area contributed by atoms with Crippen molar-refractivity contribution in [1.29, 1.82) is 0 Å². The van der Waals surface area contributed by atoms with Gasteiger partial charge in [-0.25, -0.2) is 4.79 Å². The van der Waals surface area contributed by atoms with Gasteiger partial charge in [-0.05, 0) is 24.3 Å². The van der Waals surface area contributed by atoms with Crippen LogP contribution in [0.2, 0.25) is 0 Å². The highest BCUT2D eigenvalue weighted by molar-refractivity contribution is 5.78. The molecule has 0 aliphatic heterocycles. The maximum atomic E-state index is 12.0. The van der Waals surface area contributed by atoms with Crippen LogP contribution < -0.4 is 9.47 Å². The Morgan fingerprint density at radius 2 is 1.25 bits per heavy atom. The van der Waals surface area contributed by atoms with Crippen LogP contribution in [0.4, 0.5) is 0 Å². The van der Waals surface area contributed by atoms with Crippen molar-refractivity contribution in [3.63, 3.8) is 0 Å². The molecule has 0 atom stereocenters. The number of hydrogen-bond donors (Lipinski definition) is 0. The number of ether oxygens (including phenoxy) is 3. The van der Waals surface area contributed by atoms with E-state index in [1.165, 1.54) is 14.0 Å². The van der Waals surface area contributed by atoms with E-state index in [0.717, 1.165) is 0 Å². The molecule has 0 aliphatic rings. The first kappa shape index (κ1) is 13.9. The quantitative estimate of drug-likeness (QED) is 0.620. The number of carbonyl (C=O) groups excluding carboxylic acids is 1. The number of esters is 1. The molecule has 0 aromatic heterocycles. The smallest absolute Gasteiger partial charge is 0.392 e. The first-order valence-corrected chi connectivity index (χ1v) is 6.20. The summed E-state index contributed by atoms with van der Waals surface area (Å²) in [7, 11) is 1.29. The van der Waals surface area contributed by atoms with Gasteiger partial charge < -0.3 is 14.2 Å². The molecule has 0 bridgehead atoms. The predicted molar refractivity (Wildman–Crippen MR) is 74.6 cm³/mol. The van der Waals surface area contributed by atoms with Crippen LogP contribution in [-0.4, -0.2) is 18.9 Å². The molecular formula is C16H16O4. The zero-order valence-electron chi connectivity index (χ0n) is 11.4. The fraction of sp³-hybridized carbons (Fsp3) is 0.188. The summed E-state index contributed by atoms with van der Waals surface area (Å²) in [5.41, 5.74) is 0. The SMILES string of the molecule is COC(=O)C(C)(Oc1ccccc1)Oc1ccccc1. The van der Waals surface area contributed by atoms with Crippen LogP contribution in [0, 0.1) is 0 Å². The standard InChI is InChI=1S/C16H16O4/c1-16(15(17)18-2,19-13-9-5-3-6-10-13)20-14-11-7-4-8-12-14/h3-12H,1-2H3. The molecule has 104 valence electrons. The third kappa shape index (κ3) is 3.29. The summed E-state index contributed by atoms with van der Waals surface area (Å²) in [5.74, 6) is -1.10. The Balaban J connectivity index is 2.24. The minimum atomic E-state index is -1.54. The van der Waals surface area contributed by atoms with Gasteiger partial charge in [0.25, 0.3) is 0 Å². The van der Waals surface area contributed by atoms with Gasteiger partial charge in [-0.1, -0.05) is 36.4 Å². The van der Waals surface area contributed by atoms with Crippen molar-refractivity contribution in [2.24, 2.45) is 0 Å². The van der Waals surface area contributed by atoms with Gasteiger partial charge in [-0.3, -0.25) is 0 Å². The van der Waals surface area contributed by atoms with Gasteiger partial charge in [-0.15, -0.1) is 0 Å². The molecular weight excluding hydrogens is 256 g/mol. The topological polar surface area (TPSA) is 44.8 Å². The summed E-state index contributed by atoms with van der Waals surface area (Å²) < 4.78 is 16.1. The molecule has 0 heterocycles.